The van der Waals surface area contributed by atoms with Crippen LogP contribution in [0.4, 0.5) is 0 Å². The third-order valence-electron chi connectivity index (χ3n) is 2.68. The molecule has 2 atom stereocenters. The summed E-state index contributed by atoms with van der Waals surface area (Å²) in [5.74, 6) is 3.26. The van der Waals surface area contributed by atoms with E-state index < -0.39 is 0 Å². The normalized spacial score (nSPS) is 15.9. The zero-order valence-electron chi connectivity index (χ0n) is 10.3. The van der Waals surface area contributed by atoms with Gasteiger partial charge < -0.3 is 10.2 Å². The average molecular weight is 218 g/mol. The van der Waals surface area contributed by atoms with E-state index in [1.807, 2.05) is 0 Å². The zero-order chi connectivity index (χ0) is 11.0. The van der Waals surface area contributed by atoms with Crippen molar-refractivity contribution in [1.82, 2.24) is 10.2 Å². The van der Waals surface area contributed by atoms with Gasteiger partial charge in [0.2, 0.25) is 0 Å². The van der Waals surface area contributed by atoms with Crippen molar-refractivity contribution in [3.05, 3.63) is 0 Å². The number of hydrogen-bond donors (Lipinski definition) is 1. The molecule has 0 amide bonds. The fourth-order valence-corrected chi connectivity index (χ4v) is 2.68. The maximum Gasteiger partial charge on any atom is 0.0180 e. The molecule has 14 heavy (non-hydrogen) atoms. The molecular weight excluding hydrogens is 192 g/mol. The Morgan fingerprint density at radius 3 is 2.43 bits per heavy atom. The molecule has 0 bridgehead atoms. The van der Waals surface area contributed by atoms with Gasteiger partial charge in [-0.15, -0.1) is 0 Å². The molecule has 0 radical (unpaired) electrons. The molecule has 2 nitrogen and oxygen atoms in total. The van der Waals surface area contributed by atoms with Crippen LogP contribution in [0.15, 0.2) is 0 Å². The topological polar surface area (TPSA) is 15.3 Å². The molecule has 86 valence electrons. The minimum absolute atomic E-state index is 0.673. The van der Waals surface area contributed by atoms with Crippen molar-refractivity contribution in [3.63, 3.8) is 0 Å². The predicted molar refractivity (Wildman–Crippen MR) is 68.2 cm³/mol. The van der Waals surface area contributed by atoms with Crippen LogP contribution < -0.4 is 5.32 Å². The van der Waals surface area contributed by atoms with Gasteiger partial charge in [0.25, 0.3) is 0 Å². The van der Waals surface area contributed by atoms with E-state index in [4.69, 9.17) is 0 Å². The van der Waals surface area contributed by atoms with Crippen LogP contribution in [0.25, 0.3) is 0 Å². The van der Waals surface area contributed by atoms with E-state index >= 15 is 0 Å². The van der Waals surface area contributed by atoms with E-state index in [2.05, 4.69) is 57.0 Å². The zero-order valence-corrected chi connectivity index (χ0v) is 11.2. The van der Waals surface area contributed by atoms with Crippen LogP contribution in [0.1, 0.15) is 20.3 Å². The van der Waals surface area contributed by atoms with E-state index in [9.17, 15) is 0 Å². The summed E-state index contributed by atoms with van der Waals surface area (Å²) >= 11 is 2.05. The lowest BCUT2D eigenvalue weighted by atomic mass is 10.0. The first-order chi connectivity index (χ1) is 6.61. The Morgan fingerprint density at radius 2 is 2.00 bits per heavy atom. The molecule has 0 rings (SSSR count). The average Bonchev–Trinajstić information content (AvgIpc) is 2.16. The molecule has 3 heteroatoms. The van der Waals surface area contributed by atoms with Crippen molar-refractivity contribution >= 4 is 11.8 Å². The van der Waals surface area contributed by atoms with E-state index in [0.29, 0.717) is 6.04 Å². The van der Waals surface area contributed by atoms with Crippen LogP contribution in [0, 0.1) is 5.92 Å². The summed E-state index contributed by atoms with van der Waals surface area (Å²) < 4.78 is 0. The van der Waals surface area contributed by atoms with Crippen LogP contribution in [-0.2, 0) is 0 Å². The van der Waals surface area contributed by atoms with Gasteiger partial charge in [-0.25, -0.2) is 0 Å². The molecule has 0 spiro atoms. The standard InChI is InChI=1S/C11H26N2S/c1-6-10(2)11(12-3)9-14-8-7-13(4)5/h10-12H,6-9H2,1-5H3. The monoisotopic (exact) mass is 218 g/mol. The van der Waals surface area contributed by atoms with Gasteiger partial charge in [0.15, 0.2) is 0 Å². The summed E-state index contributed by atoms with van der Waals surface area (Å²) in [5.41, 5.74) is 0. The smallest absolute Gasteiger partial charge is 0.0180 e. The van der Waals surface area contributed by atoms with Gasteiger partial charge in [0, 0.05) is 24.1 Å². The maximum absolute atomic E-state index is 3.41. The molecule has 0 aromatic heterocycles. The Bertz CT molecular complexity index is 128. The summed E-state index contributed by atoms with van der Waals surface area (Å²) in [6, 6.07) is 0.673. The van der Waals surface area contributed by atoms with Gasteiger partial charge in [-0.1, -0.05) is 20.3 Å². The first-order valence-corrected chi connectivity index (χ1v) is 6.67. The first-order valence-electron chi connectivity index (χ1n) is 5.51. The molecule has 2 unspecified atom stereocenters. The van der Waals surface area contributed by atoms with Gasteiger partial charge in [-0.2, -0.15) is 11.8 Å². The van der Waals surface area contributed by atoms with Crippen molar-refractivity contribution < 1.29 is 0 Å². The van der Waals surface area contributed by atoms with E-state index in [-0.39, 0.29) is 0 Å². The number of rotatable bonds is 8. The Hall–Kier alpha value is 0.270. The highest BCUT2D eigenvalue weighted by Gasteiger charge is 2.12. The van der Waals surface area contributed by atoms with E-state index in [1.165, 1.54) is 24.5 Å². The lowest BCUT2D eigenvalue weighted by Crippen LogP contribution is -2.34. The second-order valence-electron chi connectivity index (χ2n) is 4.16. The van der Waals surface area contributed by atoms with Crippen LogP contribution in [0.5, 0.6) is 0 Å². The molecule has 0 aliphatic rings. The Labute approximate surface area is 93.8 Å². The van der Waals surface area contributed by atoms with Crippen LogP contribution in [-0.4, -0.2) is 50.1 Å². The van der Waals surface area contributed by atoms with Gasteiger partial charge in [-0.3, -0.25) is 0 Å². The molecule has 0 aromatic rings. The van der Waals surface area contributed by atoms with Crippen molar-refractivity contribution in [2.75, 3.05) is 39.2 Å². The SMILES string of the molecule is CCC(C)C(CSCCN(C)C)NC. The fraction of sp³-hybridized carbons (Fsp3) is 1.00. The van der Waals surface area contributed by atoms with Crippen LogP contribution >= 0.6 is 11.8 Å². The fourth-order valence-electron chi connectivity index (χ4n) is 1.27. The van der Waals surface area contributed by atoms with Gasteiger partial charge in [0.1, 0.15) is 0 Å². The molecule has 0 saturated carbocycles. The summed E-state index contributed by atoms with van der Waals surface area (Å²) in [6.07, 6.45) is 1.26. The Balaban J connectivity index is 3.52. The predicted octanol–water partition coefficient (Wildman–Crippen LogP) is 1.92. The van der Waals surface area contributed by atoms with Crippen LogP contribution in [0.3, 0.4) is 0 Å². The summed E-state index contributed by atoms with van der Waals surface area (Å²) in [7, 11) is 6.33. The Morgan fingerprint density at radius 1 is 1.36 bits per heavy atom. The van der Waals surface area contributed by atoms with Crippen LogP contribution in [0.2, 0.25) is 0 Å². The second-order valence-corrected chi connectivity index (χ2v) is 5.31. The molecule has 0 heterocycles. The van der Waals surface area contributed by atoms with Crippen molar-refractivity contribution in [3.8, 4) is 0 Å². The van der Waals surface area contributed by atoms with Crippen molar-refractivity contribution in [2.24, 2.45) is 5.92 Å². The molecule has 0 fully saturated rings. The van der Waals surface area contributed by atoms with E-state index in [1.54, 1.807) is 0 Å². The third kappa shape index (κ3) is 6.68. The number of hydrogen-bond acceptors (Lipinski definition) is 3. The lowest BCUT2D eigenvalue weighted by Gasteiger charge is -2.22. The second kappa shape index (κ2) is 8.57. The summed E-state index contributed by atoms with van der Waals surface area (Å²) in [5, 5.41) is 3.41. The van der Waals surface area contributed by atoms with Crippen molar-refractivity contribution in [2.45, 2.75) is 26.3 Å². The minimum Gasteiger partial charge on any atom is -0.316 e. The van der Waals surface area contributed by atoms with E-state index in [0.717, 1.165) is 5.92 Å². The summed E-state index contributed by atoms with van der Waals surface area (Å²) in [4.78, 5) is 2.24. The van der Waals surface area contributed by atoms with Gasteiger partial charge in [0.05, 0.1) is 0 Å². The molecular formula is C11H26N2S. The largest absolute Gasteiger partial charge is 0.316 e. The molecule has 0 aromatic carbocycles. The highest BCUT2D eigenvalue weighted by atomic mass is 32.2. The molecule has 0 aliphatic heterocycles. The quantitative estimate of drug-likeness (QED) is 0.627. The molecule has 1 N–H and O–H groups in total. The third-order valence-corrected chi connectivity index (χ3v) is 3.75. The molecule has 0 aliphatic carbocycles. The van der Waals surface area contributed by atoms with Crippen molar-refractivity contribution in [1.29, 1.82) is 0 Å². The van der Waals surface area contributed by atoms with Gasteiger partial charge >= 0.3 is 0 Å². The number of nitrogens with one attached hydrogen (secondary N) is 1. The summed E-state index contributed by atoms with van der Waals surface area (Å²) in [6.45, 7) is 5.77. The number of nitrogens with zero attached hydrogens (tertiary/aromatic N) is 1. The highest BCUT2D eigenvalue weighted by molar-refractivity contribution is 7.99. The Kier molecular flexibility index (Phi) is 8.73. The minimum atomic E-state index is 0.673. The highest BCUT2D eigenvalue weighted by Crippen LogP contribution is 2.13. The lowest BCUT2D eigenvalue weighted by molar-refractivity contribution is 0.419. The first kappa shape index (κ1) is 14.3. The maximum atomic E-state index is 3.41. The van der Waals surface area contributed by atoms with Gasteiger partial charge in [-0.05, 0) is 27.1 Å². The number of thioether (sulfide) groups is 1. The molecule has 0 saturated heterocycles.